The van der Waals surface area contributed by atoms with Gasteiger partial charge < -0.3 is 19.7 Å². The Balaban J connectivity index is 2.18. The zero-order valence-corrected chi connectivity index (χ0v) is 16.5. The number of fused-ring (bicyclic) bond motifs is 1. The molecule has 3 atom stereocenters. The fraction of sp³-hybridized carbons (Fsp3) is 0.688. The molecule has 138 valence electrons. The zero-order valence-electron chi connectivity index (χ0n) is 15.3. The van der Waals surface area contributed by atoms with E-state index in [1.54, 1.807) is 6.33 Å². The summed E-state index contributed by atoms with van der Waals surface area (Å²) in [5, 5.41) is 18.9. The monoisotopic (exact) mass is 366 g/mol. The molecule has 1 aliphatic rings. The molecule has 1 saturated heterocycles. The molecule has 0 saturated carbocycles. The minimum absolute atomic E-state index is 0.0697. The van der Waals surface area contributed by atoms with Crippen molar-refractivity contribution in [2.75, 3.05) is 6.61 Å². The van der Waals surface area contributed by atoms with Gasteiger partial charge in [0.15, 0.2) is 16.5 Å². The average Bonchev–Trinajstić information content (AvgIpc) is 3.08. The van der Waals surface area contributed by atoms with E-state index in [1.807, 2.05) is 25.3 Å². The van der Waals surface area contributed by atoms with Crippen molar-refractivity contribution >= 4 is 20.0 Å². The first kappa shape index (κ1) is 18.2. The molecule has 2 N–H and O–H groups in total. The summed E-state index contributed by atoms with van der Waals surface area (Å²) in [5.41, 5.74) is 0.484. The third-order valence-corrected chi connectivity index (χ3v) is 6.95. The van der Waals surface area contributed by atoms with Gasteiger partial charge in [0.1, 0.15) is 12.4 Å². The van der Waals surface area contributed by atoms with Gasteiger partial charge in [0.25, 0.3) is 0 Å². The van der Waals surface area contributed by atoms with Crippen LogP contribution in [-0.2, 0) is 14.8 Å². The van der Waals surface area contributed by atoms with Crippen LogP contribution in [0.3, 0.4) is 0 Å². The lowest BCUT2D eigenvalue weighted by Crippen LogP contribution is -2.54. The summed E-state index contributed by atoms with van der Waals surface area (Å²) >= 11 is 0. The highest BCUT2D eigenvalue weighted by molar-refractivity contribution is 6.58. The molecular weight excluding hydrogens is 340 g/mol. The highest BCUT2D eigenvalue weighted by atomic mass is 28.3. The topological polar surface area (TPSA) is 103 Å². The molecule has 0 amide bonds. The molecule has 3 rings (SSSR count). The molecule has 3 heterocycles. The molecular formula is C16H26N4O4Si. The third kappa shape index (κ3) is 3.05. The van der Waals surface area contributed by atoms with Crippen LogP contribution in [0.1, 0.15) is 27.2 Å². The minimum Gasteiger partial charge on any atom is -0.492 e. The van der Waals surface area contributed by atoms with Crippen molar-refractivity contribution in [3.05, 3.63) is 12.7 Å². The van der Waals surface area contributed by atoms with Crippen molar-refractivity contribution in [3.8, 4) is 5.88 Å². The maximum Gasteiger partial charge on any atom is 0.242 e. The van der Waals surface area contributed by atoms with Crippen molar-refractivity contribution in [1.82, 2.24) is 19.5 Å². The second-order valence-corrected chi connectivity index (χ2v) is 10.9. The van der Waals surface area contributed by atoms with Gasteiger partial charge in [-0.15, -0.1) is 0 Å². The number of imidazole rings is 1. The number of aliphatic hydroxyl groups is 1. The van der Waals surface area contributed by atoms with Crippen LogP contribution >= 0.6 is 0 Å². The van der Waals surface area contributed by atoms with Crippen LogP contribution in [0.2, 0.25) is 13.1 Å². The Labute approximate surface area is 148 Å². The van der Waals surface area contributed by atoms with E-state index >= 15 is 0 Å². The van der Waals surface area contributed by atoms with Gasteiger partial charge in [-0.3, -0.25) is 4.57 Å². The number of rotatable bonds is 4. The van der Waals surface area contributed by atoms with Gasteiger partial charge in [0, 0.05) is 6.42 Å². The Hall–Kier alpha value is -1.55. The second-order valence-electron chi connectivity index (χ2n) is 7.77. The number of aromatic hydroxyl groups is 1. The summed E-state index contributed by atoms with van der Waals surface area (Å²) in [5.74, 6) is -0.158. The van der Waals surface area contributed by atoms with Gasteiger partial charge in [-0.2, -0.15) is 4.98 Å². The molecule has 1 aliphatic heterocycles. The molecule has 0 aliphatic carbocycles. The molecule has 8 nitrogen and oxygen atoms in total. The van der Waals surface area contributed by atoms with Crippen molar-refractivity contribution in [2.45, 2.75) is 63.4 Å². The molecule has 0 aromatic carbocycles. The number of hydrogen-bond acceptors (Lipinski definition) is 7. The van der Waals surface area contributed by atoms with Crippen LogP contribution in [0, 0.1) is 0 Å². The first-order valence-corrected chi connectivity index (χ1v) is 11.4. The Morgan fingerprint density at radius 2 is 2.08 bits per heavy atom. The van der Waals surface area contributed by atoms with Crippen LogP contribution in [0.25, 0.3) is 11.2 Å². The first-order valence-electron chi connectivity index (χ1n) is 8.53. The lowest BCUT2D eigenvalue weighted by molar-refractivity contribution is -0.143. The predicted octanol–water partition coefficient (Wildman–Crippen LogP) is 1.18. The van der Waals surface area contributed by atoms with Gasteiger partial charge in [-0.05, 0) is 20.8 Å². The van der Waals surface area contributed by atoms with Gasteiger partial charge in [-0.25, -0.2) is 9.97 Å². The molecule has 0 bridgehead atoms. The lowest BCUT2D eigenvalue weighted by atomic mass is 10.1. The second kappa shape index (κ2) is 6.31. The van der Waals surface area contributed by atoms with E-state index in [2.05, 4.69) is 28.0 Å². The molecule has 25 heavy (non-hydrogen) atoms. The molecule has 0 radical (unpaired) electrons. The van der Waals surface area contributed by atoms with E-state index in [0.29, 0.717) is 17.6 Å². The quantitative estimate of drug-likeness (QED) is 0.783. The average molecular weight is 366 g/mol. The number of aromatic nitrogens is 4. The molecule has 2 aromatic heterocycles. The van der Waals surface area contributed by atoms with E-state index in [1.165, 1.54) is 6.33 Å². The molecule has 1 fully saturated rings. The summed E-state index contributed by atoms with van der Waals surface area (Å²) in [6.07, 6.45) is 2.98. The Kier molecular flexibility index (Phi) is 4.61. The van der Waals surface area contributed by atoms with Gasteiger partial charge in [0.05, 0.1) is 33.4 Å². The van der Waals surface area contributed by atoms with Crippen molar-refractivity contribution in [1.29, 1.82) is 0 Å². The van der Waals surface area contributed by atoms with E-state index < -0.39 is 14.1 Å². The first-order chi connectivity index (χ1) is 11.7. The molecule has 0 unspecified atom stereocenters. The standard InChI is InChI=1S/C16H26N4O4Si/c1-15(2,3)24-11-6-10(7-21)23-16(11,25(4)5)20-9-19-12-13(20)17-8-18-14(12)22/h8-11,21,25H,6-7H2,1-5H3,(H,17,18,22)/t10-,11+,16-/m0/s1. The fourth-order valence-corrected chi connectivity index (χ4v) is 5.70. The maximum atomic E-state index is 9.97. The minimum atomic E-state index is -1.55. The van der Waals surface area contributed by atoms with E-state index in [9.17, 15) is 10.2 Å². The number of nitrogens with zero attached hydrogens (tertiary/aromatic N) is 4. The van der Waals surface area contributed by atoms with E-state index in [4.69, 9.17) is 9.47 Å². The highest BCUT2D eigenvalue weighted by Crippen LogP contribution is 2.42. The maximum absolute atomic E-state index is 9.97. The summed E-state index contributed by atoms with van der Waals surface area (Å²) in [7, 11) is -1.55. The summed E-state index contributed by atoms with van der Waals surface area (Å²) < 4.78 is 14.6. The summed E-state index contributed by atoms with van der Waals surface area (Å²) in [6.45, 7) is 10.3. The molecule has 0 spiro atoms. The SMILES string of the molecule is C[SiH](C)[C@@]1(n2cnc3c(O)ncnc32)O[C@H](CO)C[C@H]1OC(C)(C)C. The van der Waals surface area contributed by atoms with Crippen LogP contribution in [0.4, 0.5) is 0 Å². The van der Waals surface area contributed by atoms with Crippen LogP contribution in [0.15, 0.2) is 12.7 Å². The normalized spacial score (nSPS) is 27.5. The van der Waals surface area contributed by atoms with Gasteiger partial charge in [0.2, 0.25) is 5.88 Å². The smallest absolute Gasteiger partial charge is 0.242 e. The Bertz CT molecular complexity index is 760. The van der Waals surface area contributed by atoms with Gasteiger partial charge in [-0.1, -0.05) is 13.1 Å². The molecule has 2 aromatic rings. The number of aliphatic hydroxyl groups excluding tert-OH is 1. The van der Waals surface area contributed by atoms with Crippen LogP contribution in [0.5, 0.6) is 5.88 Å². The summed E-state index contributed by atoms with van der Waals surface area (Å²) in [4.78, 5) is 12.4. The van der Waals surface area contributed by atoms with Crippen molar-refractivity contribution in [2.24, 2.45) is 0 Å². The van der Waals surface area contributed by atoms with Crippen molar-refractivity contribution < 1.29 is 19.7 Å². The lowest BCUT2D eigenvalue weighted by Gasteiger charge is -2.41. The van der Waals surface area contributed by atoms with Crippen LogP contribution < -0.4 is 0 Å². The molecule has 9 heteroatoms. The van der Waals surface area contributed by atoms with E-state index in [0.717, 1.165) is 0 Å². The summed E-state index contributed by atoms with van der Waals surface area (Å²) in [6, 6.07) is 0. The highest BCUT2D eigenvalue weighted by Gasteiger charge is 2.55. The van der Waals surface area contributed by atoms with Gasteiger partial charge >= 0.3 is 0 Å². The predicted molar refractivity (Wildman–Crippen MR) is 95.0 cm³/mol. The number of ether oxygens (including phenoxy) is 2. The zero-order chi connectivity index (χ0) is 18.4. The van der Waals surface area contributed by atoms with Crippen LogP contribution in [-0.4, -0.2) is 62.9 Å². The van der Waals surface area contributed by atoms with Crippen molar-refractivity contribution in [3.63, 3.8) is 0 Å². The Morgan fingerprint density at radius 1 is 1.36 bits per heavy atom. The Morgan fingerprint density at radius 3 is 2.68 bits per heavy atom. The largest absolute Gasteiger partial charge is 0.492 e. The van der Waals surface area contributed by atoms with E-state index in [-0.39, 0.29) is 30.3 Å². The fourth-order valence-electron chi connectivity index (χ4n) is 3.55. The number of hydrogen-bond donors (Lipinski definition) is 2. The third-order valence-electron chi connectivity index (χ3n) is 4.51.